The van der Waals surface area contributed by atoms with Crippen LogP contribution in [0.4, 0.5) is 0 Å². The van der Waals surface area contributed by atoms with Crippen LogP contribution in [0.25, 0.3) is 22.8 Å². The van der Waals surface area contributed by atoms with Gasteiger partial charge < -0.3 is 14.3 Å². The van der Waals surface area contributed by atoms with Crippen molar-refractivity contribution in [2.45, 2.75) is 6.54 Å². The number of carbonyl (C=O) groups excluding carboxylic acids is 1. The van der Waals surface area contributed by atoms with Gasteiger partial charge in [-0.05, 0) is 29.6 Å². The zero-order chi connectivity index (χ0) is 17.1. The molecule has 0 saturated heterocycles. The predicted molar refractivity (Wildman–Crippen MR) is 92.1 cm³/mol. The first-order valence-corrected chi connectivity index (χ1v) is 8.59. The zero-order valence-electron chi connectivity index (χ0n) is 13.1. The van der Waals surface area contributed by atoms with Gasteiger partial charge >= 0.3 is 0 Å². The topological polar surface area (TPSA) is 86.1 Å². The lowest BCUT2D eigenvalue weighted by Crippen LogP contribution is -2.27. The number of rotatable bonds is 6. The molecule has 0 aliphatic heterocycles. The largest absolute Gasteiger partial charge is 0.461 e. The third kappa shape index (κ3) is 3.38. The molecule has 0 aliphatic carbocycles. The Kier molecular flexibility index (Phi) is 4.17. The van der Waals surface area contributed by atoms with Crippen LogP contribution in [0.3, 0.4) is 0 Å². The van der Waals surface area contributed by atoms with Crippen molar-refractivity contribution >= 4 is 17.2 Å². The molecule has 4 rings (SSSR count). The second-order valence-corrected chi connectivity index (χ2v) is 6.07. The van der Waals surface area contributed by atoms with Crippen LogP contribution in [0.1, 0.15) is 10.5 Å². The van der Waals surface area contributed by atoms with Crippen molar-refractivity contribution in [1.29, 1.82) is 0 Å². The minimum Gasteiger partial charge on any atom is -0.461 e. The van der Waals surface area contributed by atoms with E-state index in [0.717, 1.165) is 11.3 Å². The molecule has 4 aromatic heterocycles. The molecule has 0 atom stereocenters. The Morgan fingerprint density at radius 2 is 2.24 bits per heavy atom. The molecule has 7 nitrogen and oxygen atoms in total. The molecule has 0 saturated carbocycles. The average molecular weight is 354 g/mol. The minimum atomic E-state index is -0.299. The fourth-order valence-electron chi connectivity index (χ4n) is 2.34. The van der Waals surface area contributed by atoms with Gasteiger partial charge in [0.1, 0.15) is 0 Å². The molecule has 0 aliphatic rings. The maximum Gasteiger partial charge on any atom is 0.273 e. The highest BCUT2D eigenvalue weighted by molar-refractivity contribution is 7.08. The van der Waals surface area contributed by atoms with Gasteiger partial charge in [0.25, 0.3) is 5.91 Å². The molecule has 0 unspecified atom stereocenters. The third-order valence-electron chi connectivity index (χ3n) is 3.59. The average Bonchev–Trinajstić information content (AvgIpc) is 3.42. The summed E-state index contributed by atoms with van der Waals surface area (Å²) in [7, 11) is 0. The molecule has 0 radical (unpaired) electrons. The van der Waals surface area contributed by atoms with E-state index >= 15 is 0 Å². The number of hydrogen-bond acceptors (Lipinski definition) is 6. The molecular formula is C17H14N4O3S. The second kappa shape index (κ2) is 6.78. The number of amides is 1. The molecule has 0 aromatic carbocycles. The fraction of sp³-hybridized carbons (Fsp3) is 0.118. The number of nitrogens with one attached hydrogen (secondary N) is 1. The van der Waals surface area contributed by atoms with Crippen molar-refractivity contribution < 1.29 is 13.7 Å². The quantitative estimate of drug-likeness (QED) is 0.574. The van der Waals surface area contributed by atoms with Crippen molar-refractivity contribution in [3.05, 3.63) is 59.2 Å². The van der Waals surface area contributed by atoms with E-state index in [1.807, 2.05) is 23.7 Å². The number of carbonyl (C=O) groups is 1. The maximum absolute atomic E-state index is 12.1. The Bertz CT molecular complexity index is 954. The summed E-state index contributed by atoms with van der Waals surface area (Å²) in [6.07, 6.45) is 3.43. The molecule has 8 heteroatoms. The van der Waals surface area contributed by atoms with Gasteiger partial charge in [-0.3, -0.25) is 9.48 Å². The van der Waals surface area contributed by atoms with Crippen LogP contribution in [0.2, 0.25) is 0 Å². The zero-order valence-corrected chi connectivity index (χ0v) is 13.9. The molecule has 0 bridgehead atoms. The van der Waals surface area contributed by atoms with E-state index in [1.165, 1.54) is 6.26 Å². The van der Waals surface area contributed by atoms with Gasteiger partial charge in [-0.25, -0.2) is 0 Å². The van der Waals surface area contributed by atoms with Gasteiger partial charge in [-0.2, -0.15) is 16.4 Å². The minimum absolute atomic E-state index is 0.214. The molecule has 126 valence electrons. The van der Waals surface area contributed by atoms with Gasteiger partial charge in [0.05, 0.1) is 18.5 Å². The molecule has 0 fully saturated rings. The van der Waals surface area contributed by atoms with E-state index in [9.17, 15) is 4.79 Å². The van der Waals surface area contributed by atoms with Crippen LogP contribution < -0.4 is 5.32 Å². The van der Waals surface area contributed by atoms with E-state index in [2.05, 4.69) is 21.0 Å². The van der Waals surface area contributed by atoms with Crippen molar-refractivity contribution in [2.24, 2.45) is 0 Å². The van der Waals surface area contributed by atoms with Crippen LogP contribution >= 0.6 is 11.3 Å². The molecule has 25 heavy (non-hydrogen) atoms. The fourth-order valence-corrected chi connectivity index (χ4v) is 2.99. The number of furan rings is 1. The van der Waals surface area contributed by atoms with Gasteiger partial charge in [0.15, 0.2) is 11.5 Å². The van der Waals surface area contributed by atoms with Crippen LogP contribution in [0.5, 0.6) is 0 Å². The van der Waals surface area contributed by atoms with Crippen LogP contribution in [-0.2, 0) is 6.54 Å². The molecular weight excluding hydrogens is 340 g/mol. The molecule has 1 amide bonds. The Labute approximate surface area is 146 Å². The van der Waals surface area contributed by atoms with E-state index < -0.39 is 0 Å². The Balaban J connectivity index is 1.32. The highest BCUT2D eigenvalue weighted by atomic mass is 32.1. The Hall–Kier alpha value is -3.13. The molecule has 4 aromatic rings. The van der Waals surface area contributed by atoms with E-state index in [-0.39, 0.29) is 11.6 Å². The first-order chi connectivity index (χ1) is 12.3. The number of nitrogens with zero attached hydrogens (tertiary/aromatic N) is 3. The summed E-state index contributed by atoms with van der Waals surface area (Å²) in [6, 6.07) is 9.02. The summed E-state index contributed by atoms with van der Waals surface area (Å²) in [6.45, 7) is 1.01. The molecule has 4 heterocycles. The van der Waals surface area contributed by atoms with Crippen molar-refractivity contribution in [3.8, 4) is 22.8 Å². The van der Waals surface area contributed by atoms with Gasteiger partial charge in [-0.15, -0.1) is 0 Å². The van der Waals surface area contributed by atoms with Gasteiger partial charge in [0.2, 0.25) is 5.76 Å². The summed E-state index contributed by atoms with van der Waals surface area (Å²) >= 11 is 1.64. The smallest absolute Gasteiger partial charge is 0.273 e. The highest BCUT2D eigenvalue weighted by Crippen LogP contribution is 2.21. The lowest BCUT2D eigenvalue weighted by atomic mass is 10.2. The molecule has 1 N–H and O–H groups in total. The van der Waals surface area contributed by atoms with Crippen LogP contribution in [-0.4, -0.2) is 27.4 Å². The van der Waals surface area contributed by atoms with E-state index in [1.54, 1.807) is 34.2 Å². The van der Waals surface area contributed by atoms with Crippen LogP contribution in [0.15, 0.2) is 62.5 Å². The number of hydrogen-bond donors (Lipinski definition) is 1. The van der Waals surface area contributed by atoms with Crippen molar-refractivity contribution in [1.82, 2.24) is 20.3 Å². The Morgan fingerprint density at radius 3 is 3.04 bits per heavy atom. The van der Waals surface area contributed by atoms with Gasteiger partial charge in [-0.1, -0.05) is 5.16 Å². The summed E-state index contributed by atoms with van der Waals surface area (Å²) in [5.41, 5.74) is 2.24. The van der Waals surface area contributed by atoms with E-state index in [0.29, 0.717) is 24.6 Å². The number of thiophene rings is 1. The second-order valence-electron chi connectivity index (χ2n) is 5.29. The number of aromatic nitrogens is 3. The summed E-state index contributed by atoms with van der Waals surface area (Å²) in [4.78, 5) is 12.1. The monoisotopic (exact) mass is 354 g/mol. The van der Waals surface area contributed by atoms with Crippen molar-refractivity contribution in [3.63, 3.8) is 0 Å². The normalized spacial score (nSPS) is 10.9. The summed E-state index contributed by atoms with van der Waals surface area (Å²) in [5.74, 6) is 0.651. The lowest BCUT2D eigenvalue weighted by Gasteiger charge is -2.03. The first-order valence-electron chi connectivity index (χ1n) is 7.64. The maximum atomic E-state index is 12.1. The van der Waals surface area contributed by atoms with Gasteiger partial charge in [0, 0.05) is 29.8 Å². The molecule has 0 spiro atoms. The van der Waals surface area contributed by atoms with Crippen molar-refractivity contribution in [2.75, 3.05) is 6.54 Å². The Morgan fingerprint density at radius 1 is 1.28 bits per heavy atom. The van der Waals surface area contributed by atoms with E-state index in [4.69, 9.17) is 8.94 Å². The first kappa shape index (κ1) is 15.4. The third-order valence-corrected chi connectivity index (χ3v) is 4.27. The SMILES string of the molecule is O=C(NCCn1ccc(-c2ccsc2)n1)c1cc(-c2ccco2)on1. The lowest BCUT2D eigenvalue weighted by molar-refractivity contribution is 0.0943. The standard InChI is InChI=1S/C17H14N4O3S/c22-17(14-10-16(24-20-14)15-2-1-8-23-15)18-5-7-21-6-3-13(19-21)12-4-9-25-11-12/h1-4,6,8-11H,5,7H2,(H,18,22). The highest BCUT2D eigenvalue weighted by Gasteiger charge is 2.14. The summed E-state index contributed by atoms with van der Waals surface area (Å²) in [5, 5.41) is 15.1. The predicted octanol–water partition coefficient (Wildman–Crippen LogP) is 3.29. The summed E-state index contributed by atoms with van der Waals surface area (Å²) < 4.78 is 12.1. The van der Waals surface area contributed by atoms with Crippen LogP contribution in [0, 0.1) is 0 Å².